The van der Waals surface area contributed by atoms with Crippen LogP contribution in [0.4, 0.5) is 0 Å². The van der Waals surface area contributed by atoms with Crippen molar-refractivity contribution in [3.05, 3.63) is 30.3 Å². The van der Waals surface area contributed by atoms with Gasteiger partial charge in [-0.25, -0.2) is 0 Å². The first-order valence-corrected chi connectivity index (χ1v) is 9.87. The summed E-state index contributed by atoms with van der Waals surface area (Å²) in [6, 6.07) is 10.5. The van der Waals surface area contributed by atoms with Crippen LogP contribution in [0.2, 0.25) is 0 Å². The van der Waals surface area contributed by atoms with Crippen molar-refractivity contribution in [2.75, 3.05) is 65.2 Å². The van der Waals surface area contributed by atoms with Gasteiger partial charge >= 0.3 is 0 Å². The van der Waals surface area contributed by atoms with Gasteiger partial charge in [-0.3, -0.25) is 9.89 Å². The van der Waals surface area contributed by atoms with Crippen LogP contribution in [-0.4, -0.2) is 80.9 Å². The molecule has 1 aromatic rings. The molecular formula is C18H31N5S. The van der Waals surface area contributed by atoms with Crippen molar-refractivity contribution in [1.82, 2.24) is 20.4 Å². The molecule has 2 N–H and O–H groups in total. The number of likely N-dealkylation sites (N-methyl/N-ethyl adjacent to an activating group) is 1. The second-order valence-corrected chi connectivity index (χ2v) is 7.03. The average molecular weight is 350 g/mol. The number of hydrogen-bond donors (Lipinski definition) is 2. The molecule has 0 saturated carbocycles. The molecule has 0 aromatic heterocycles. The third kappa shape index (κ3) is 7.11. The summed E-state index contributed by atoms with van der Waals surface area (Å²) in [7, 11) is 1.83. The zero-order valence-electron chi connectivity index (χ0n) is 15.0. The van der Waals surface area contributed by atoms with E-state index in [1.165, 1.54) is 37.6 Å². The van der Waals surface area contributed by atoms with Crippen molar-refractivity contribution >= 4 is 17.7 Å². The van der Waals surface area contributed by atoms with Gasteiger partial charge < -0.3 is 15.5 Å². The molecule has 5 nitrogen and oxygen atoms in total. The molecule has 0 bridgehead atoms. The molecule has 6 heteroatoms. The van der Waals surface area contributed by atoms with E-state index in [4.69, 9.17) is 0 Å². The van der Waals surface area contributed by atoms with Crippen LogP contribution in [-0.2, 0) is 0 Å². The Labute approximate surface area is 150 Å². The molecule has 1 saturated heterocycles. The van der Waals surface area contributed by atoms with Gasteiger partial charge in [-0.15, -0.1) is 11.8 Å². The average Bonchev–Trinajstić information content (AvgIpc) is 2.65. The normalized spacial score (nSPS) is 17.0. The molecule has 0 radical (unpaired) electrons. The second kappa shape index (κ2) is 11.3. The monoisotopic (exact) mass is 349 g/mol. The summed E-state index contributed by atoms with van der Waals surface area (Å²) in [4.78, 5) is 10.6. The summed E-state index contributed by atoms with van der Waals surface area (Å²) in [6.45, 7) is 11.1. The van der Waals surface area contributed by atoms with Crippen LogP contribution in [0.3, 0.4) is 0 Å². The quantitative estimate of drug-likeness (QED) is 0.323. The maximum atomic E-state index is 4.30. The largest absolute Gasteiger partial charge is 0.356 e. The first kappa shape index (κ1) is 19.1. The smallest absolute Gasteiger partial charge is 0.191 e. The van der Waals surface area contributed by atoms with Crippen LogP contribution >= 0.6 is 11.8 Å². The molecule has 1 fully saturated rings. The number of thioether (sulfide) groups is 1. The zero-order valence-corrected chi connectivity index (χ0v) is 15.8. The van der Waals surface area contributed by atoms with E-state index in [0.717, 1.165) is 31.3 Å². The van der Waals surface area contributed by atoms with Crippen molar-refractivity contribution in [3.63, 3.8) is 0 Å². The lowest BCUT2D eigenvalue weighted by atomic mass is 10.3. The first-order valence-electron chi connectivity index (χ1n) is 8.89. The van der Waals surface area contributed by atoms with Gasteiger partial charge in [0.2, 0.25) is 0 Å². The van der Waals surface area contributed by atoms with Crippen LogP contribution in [0.25, 0.3) is 0 Å². The number of hydrogen-bond acceptors (Lipinski definition) is 4. The van der Waals surface area contributed by atoms with Gasteiger partial charge in [-0.1, -0.05) is 25.1 Å². The van der Waals surface area contributed by atoms with E-state index >= 15 is 0 Å². The maximum Gasteiger partial charge on any atom is 0.191 e. The Morgan fingerprint density at radius 2 is 1.71 bits per heavy atom. The van der Waals surface area contributed by atoms with Crippen LogP contribution in [0, 0.1) is 0 Å². The van der Waals surface area contributed by atoms with Crippen molar-refractivity contribution in [1.29, 1.82) is 0 Å². The highest BCUT2D eigenvalue weighted by atomic mass is 32.2. The summed E-state index contributed by atoms with van der Waals surface area (Å²) < 4.78 is 0. The van der Waals surface area contributed by atoms with E-state index in [1.807, 2.05) is 18.8 Å². The maximum absolute atomic E-state index is 4.30. The summed E-state index contributed by atoms with van der Waals surface area (Å²) in [6.07, 6.45) is 0. The topological polar surface area (TPSA) is 42.9 Å². The highest BCUT2D eigenvalue weighted by Crippen LogP contribution is 2.15. The van der Waals surface area contributed by atoms with Gasteiger partial charge in [0.25, 0.3) is 0 Å². The number of piperazine rings is 1. The predicted octanol–water partition coefficient (Wildman–Crippen LogP) is 1.58. The molecule has 0 aliphatic carbocycles. The zero-order chi connectivity index (χ0) is 17.0. The molecule has 134 valence electrons. The Morgan fingerprint density at radius 1 is 1.04 bits per heavy atom. The SMILES string of the molecule is CCN1CCN(CCNC(=NC)NCCSc2ccccc2)CC1. The minimum Gasteiger partial charge on any atom is -0.356 e. The van der Waals surface area contributed by atoms with Gasteiger partial charge in [-0.2, -0.15) is 0 Å². The number of nitrogens with one attached hydrogen (secondary N) is 2. The highest BCUT2D eigenvalue weighted by molar-refractivity contribution is 7.99. The van der Waals surface area contributed by atoms with Gasteiger partial charge in [-0.05, 0) is 18.7 Å². The lowest BCUT2D eigenvalue weighted by Gasteiger charge is -2.34. The fraction of sp³-hybridized carbons (Fsp3) is 0.611. The molecule has 1 aliphatic rings. The van der Waals surface area contributed by atoms with E-state index in [9.17, 15) is 0 Å². The van der Waals surface area contributed by atoms with Crippen LogP contribution < -0.4 is 10.6 Å². The minimum atomic E-state index is 0.899. The number of guanidine groups is 1. The predicted molar refractivity (Wildman–Crippen MR) is 105 cm³/mol. The van der Waals surface area contributed by atoms with Gasteiger partial charge in [0.05, 0.1) is 0 Å². The lowest BCUT2D eigenvalue weighted by Crippen LogP contribution is -2.49. The van der Waals surface area contributed by atoms with Crippen LogP contribution in [0.5, 0.6) is 0 Å². The molecule has 0 amide bonds. The number of rotatable bonds is 8. The Bertz CT molecular complexity index is 472. The molecule has 2 rings (SSSR count). The third-order valence-corrected chi connectivity index (χ3v) is 5.28. The van der Waals surface area contributed by atoms with Crippen LogP contribution in [0.1, 0.15) is 6.92 Å². The number of aliphatic imine (C=N–C) groups is 1. The molecule has 0 atom stereocenters. The fourth-order valence-electron chi connectivity index (χ4n) is 2.74. The summed E-state index contributed by atoms with van der Waals surface area (Å²) >= 11 is 1.86. The summed E-state index contributed by atoms with van der Waals surface area (Å²) in [5.41, 5.74) is 0. The Kier molecular flexibility index (Phi) is 9.02. The number of benzene rings is 1. The first-order chi connectivity index (χ1) is 11.8. The molecule has 0 spiro atoms. The highest BCUT2D eigenvalue weighted by Gasteiger charge is 2.14. The Balaban J connectivity index is 1.54. The third-order valence-electron chi connectivity index (χ3n) is 4.26. The van der Waals surface area contributed by atoms with Crippen molar-refractivity contribution in [2.24, 2.45) is 4.99 Å². The Hall–Kier alpha value is -1.24. The van der Waals surface area contributed by atoms with E-state index < -0.39 is 0 Å². The molecular weight excluding hydrogens is 318 g/mol. The number of nitrogens with zero attached hydrogens (tertiary/aromatic N) is 3. The van der Waals surface area contributed by atoms with Gasteiger partial charge in [0.1, 0.15) is 0 Å². The van der Waals surface area contributed by atoms with Gasteiger partial charge in [0.15, 0.2) is 5.96 Å². The minimum absolute atomic E-state index is 0.899. The summed E-state index contributed by atoms with van der Waals surface area (Å²) in [5.74, 6) is 1.93. The molecule has 24 heavy (non-hydrogen) atoms. The molecule has 1 aliphatic heterocycles. The second-order valence-electron chi connectivity index (χ2n) is 5.86. The molecule has 1 aromatic carbocycles. The lowest BCUT2D eigenvalue weighted by molar-refractivity contribution is 0.139. The molecule has 0 unspecified atom stereocenters. The van der Waals surface area contributed by atoms with E-state index in [0.29, 0.717) is 0 Å². The van der Waals surface area contributed by atoms with E-state index in [1.54, 1.807) is 0 Å². The van der Waals surface area contributed by atoms with Crippen molar-refractivity contribution in [2.45, 2.75) is 11.8 Å². The van der Waals surface area contributed by atoms with E-state index in [2.05, 4.69) is 62.7 Å². The van der Waals surface area contributed by atoms with Crippen molar-refractivity contribution < 1.29 is 0 Å². The molecule has 1 heterocycles. The van der Waals surface area contributed by atoms with Crippen LogP contribution in [0.15, 0.2) is 40.2 Å². The van der Waals surface area contributed by atoms with Gasteiger partial charge in [0, 0.05) is 63.5 Å². The van der Waals surface area contributed by atoms with Crippen molar-refractivity contribution in [3.8, 4) is 0 Å². The standard InChI is InChI=1S/C18H31N5S/c1-3-22-12-14-23(15-13-22)11-9-20-18(19-2)21-10-16-24-17-7-5-4-6-8-17/h4-8H,3,9-16H2,1-2H3,(H2,19,20,21). The van der Waals surface area contributed by atoms with E-state index in [-0.39, 0.29) is 0 Å². The summed E-state index contributed by atoms with van der Waals surface area (Å²) in [5, 5.41) is 6.80. The fourth-order valence-corrected chi connectivity index (χ4v) is 3.53. The Morgan fingerprint density at radius 3 is 2.38 bits per heavy atom.